The number of likely N-dealkylation sites (N-methyl/N-ethyl adjacent to an activating group) is 1. The van der Waals surface area contributed by atoms with E-state index in [1.165, 1.54) is 20.0 Å². The van der Waals surface area contributed by atoms with Crippen LogP contribution in [0.25, 0.3) is 0 Å². The van der Waals surface area contributed by atoms with Crippen LogP contribution in [0.15, 0.2) is 78.9 Å². The van der Waals surface area contributed by atoms with Gasteiger partial charge in [0.1, 0.15) is 19.8 Å². The number of esters is 1. The lowest BCUT2D eigenvalue weighted by molar-refractivity contribution is -0.154. The van der Waals surface area contributed by atoms with E-state index in [1.807, 2.05) is 88.6 Å². The van der Waals surface area contributed by atoms with E-state index < -0.39 is 35.9 Å². The average molecular weight is 1060 g/mol. The van der Waals surface area contributed by atoms with Crippen LogP contribution in [-0.4, -0.2) is 99.9 Å². The fourth-order valence-electron chi connectivity index (χ4n) is 10.9. The molecule has 406 valence electrons. The highest BCUT2D eigenvalue weighted by Crippen LogP contribution is 2.53. The van der Waals surface area contributed by atoms with Gasteiger partial charge in [-0.2, -0.15) is 11.8 Å². The zero-order valence-electron chi connectivity index (χ0n) is 45.8. The monoisotopic (exact) mass is 1060 g/mol. The molecule has 76 heavy (non-hydrogen) atoms. The number of hydrogen-bond acceptors (Lipinski definition) is 16. The molecule has 5 aromatic carbocycles. The zero-order valence-corrected chi connectivity index (χ0v) is 46.6. The summed E-state index contributed by atoms with van der Waals surface area (Å²) in [5.41, 5.74) is 8.29. The summed E-state index contributed by atoms with van der Waals surface area (Å²) in [5.74, 6) is 2.30. The number of ether oxygens (including phenoxy) is 9. The first-order valence-electron chi connectivity index (χ1n) is 26.2. The van der Waals surface area contributed by atoms with Gasteiger partial charge in [-0.15, -0.1) is 0 Å². The number of carbonyl (C=O) groups is 3. The van der Waals surface area contributed by atoms with Crippen molar-refractivity contribution in [1.82, 2.24) is 15.1 Å². The quantitative estimate of drug-likeness (QED) is 0.0757. The molecule has 4 aliphatic heterocycles. The van der Waals surface area contributed by atoms with E-state index in [9.17, 15) is 9.59 Å². The van der Waals surface area contributed by atoms with E-state index in [2.05, 4.69) is 55.8 Å². The predicted molar refractivity (Wildman–Crippen MR) is 292 cm³/mol. The van der Waals surface area contributed by atoms with Gasteiger partial charge in [0, 0.05) is 41.3 Å². The smallest absolute Gasteiger partial charge is 0.493 e. The zero-order chi connectivity index (χ0) is 54.3. The Bertz CT molecular complexity index is 2880. The first-order valence-corrected chi connectivity index (χ1v) is 27.2. The number of nitrogens with zero attached hydrogens (tertiary/aromatic N) is 2. The predicted octanol–water partition coefficient (Wildman–Crippen LogP) is 11.2. The number of benzene rings is 5. The van der Waals surface area contributed by atoms with E-state index in [1.54, 1.807) is 31.0 Å². The number of unbranched alkanes of at least 4 members (excludes halogenated alkanes) is 1. The third-order valence-corrected chi connectivity index (χ3v) is 16.5. The summed E-state index contributed by atoms with van der Waals surface area (Å²) in [5, 5.41) is 3.42. The molecule has 9 rings (SSSR count). The summed E-state index contributed by atoms with van der Waals surface area (Å²) >= 11 is 1.64. The number of thioether (sulfide) groups is 1. The van der Waals surface area contributed by atoms with Crippen molar-refractivity contribution in [3.05, 3.63) is 140 Å². The Kier molecular flexibility index (Phi) is 18.1. The molecule has 1 saturated heterocycles. The second-order valence-electron chi connectivity index (χ2n) is 20.0. The summed E-state index contributed by atoms with van der Waals surface area (Å²) in [6.45, 7) is 15.8. The Morgan fingerprint density at radius 2 is 1.39 bits per heavy atom. The minimum atomic E-state index is -1.36. The highest BCUT2D eigenvalue weighted by molar-refractivity contribution is 8.00. The van der Waals surface area contributed by atoms with Crippen molar-refractivity contribution in [2.75, 3.05) is 60.6 Å². The van der Waals surface area contributed by atoms with E-state index in [0.29, 0.717) is 54.5 Å². The molecule has 0 amide bonds. The van der Waals surface area contributed by atoms with E-state index in [4.69, 9.17) is 42.6 Å². The number of cyclic esters (lactones) is 1. The Hall–Kier alpha value is -6.46. The molecule has 4 heterocycles. The summed E-state index contributed by atoms with van der Waals surface area (Å²) < 4.78 is 54.6. The minimum absolute atomic E-state index is 0.0312. The fourth-order valence-corrected chi connectivity index (χ4v) is 12.3. The van der Waals surface area contributed by atoms with Crippen LogP contribution in [0.1, 0.15) is 107 Å². The maximum Gasteiger partial charge on any atom is 0.514 e. The topological polar surface area (TPSA) is 153 Å². The lowest BCUT2D eigenvalue weighted by atomic mass is 9.83. The van der Waals surface area contributed by atoms with E-state index >= 15 is 4.79 Å². The Morgan fingerprint density at radius 3 is 2.01 bits per heavy atom. The van der Waals surface area contributed by atoms with Gasteiger partial charge in [0.05, 0.1) is 26.3 Å². The van der Waals surface area contributed by atoms with Gasteiger partial charge >= 0.3 is 18.3 Å². The molecular formula is C60H73N3O12S. The minimum Gasteiger partial charge on any atom is -0.493 e. The lowest BCUT2D eigenvalue weighted by Crippen LogP contribution is -2.58. The Balaban J connectivity index is 0.00000185. The molecule has 0 saturated carbocycles. The van der Waals surface area contributed by atoms with Crippen LogP contribution in [0.5, 0.6) is 34.5 Å². The number of carbonyl (C=O) groups excluding carboxylic acids is 3. The van der Waals surface area contributed by atoms with Crippen LogP contribution in [0, 0.1) is 27.7 Å². The molecule has 0 aromatic heterocycles. The SMILES string of the molecule is CCCC.COc1cc2c(cc1OC(=O)OCc1ccccc1)CCN[C@]21CSC(C)C2C(N(C)C)c3c(cc(C)c(OC)c3OC(=O)OCc3ccccc3)CCN2C(c2c(C)c(C)c(C)c3c2OCO3)COC1=O. The summed E-state index contributed by atoms with van der Waals surface area (Å²) in [4.78, 5) is 46.9. The van der Waals surface area contributed by atoms with Crippen LogP contribution in [0.2, 0.25) is 0 Å². The third kappa shape index (κ3) is 11.5. The summed E-state index contributed by atoms with van der Waals surface area (Å²) in [6, 6.07) is 23.2. The van der Waals surface area contributed by atoms with Crippen molar-refractivity contribution >= 4 is 30.0 Å². The highest BCUT2D eigenvalue weighted by atomic mass is 32.2. The number of fused-ring (bicyclic) bond motifs is 5. The molecule has 15 nitrogen and oxygen atoms in total. The molecule has 5 atom stereocenters. The maximum atomic E-state index is 15.4. The normalized spacial score (nSPS) is 20.9. The molecule has 1 N–H and O–H groups in total. The fraction of sp³-hybridized carbons (Fsp3) is 0.450. The summed E-state index contributed by atoms with van der Waals surface area (Å²) in [6.07, 6.45) is 2.00. The average Bonchev–Trinajstić information content (AvgIpc) is 3.93. The van der Waals surface area contributed by atoms with Gasteiger partial charge in [0.15, 0.2) is 40.0 Å². The second kappa shape index (κ2) is 24.7. The lowest BCUT2D eigenvalue weighted by Gasteiger charge is -2.48. The molecule has 16 heteroatoms. The van der Waals surface area contributed by atoms with Crippen molar-refractivity contribution in [2.24, 2.45) is 0 Å². The molecule has 1 fully saturated rings. The van der Waals surface area contributed by atoms with Crippen LogP contribution < -0.4 is 33.7 Å². The molecule has 1 spiro atoms. The van der Waals surface area contributed by atoms with Gasteiger partial charge in [-0.1, -0.05) is 100 Å². The maximum absolute atomic E-state index is 15.4. The van der Waals surface area contributed by atoms with Crippen LogP contribution in [-0.2, 0) is 50.6 Å². The number of rotatable bonds is 11. The van der Waals surface area contributed by atoms with Crippen molar-refractivity contribution in [2.45, 2.75) is 116 Å². The third-order valence-electron chi connectivity index (χ3n) is 15.1. The second-order valence-corrected chi connectivity index (χ2v) is 21.4. The first-order chi connectivity index (χ1) is 36.7. The standard InChI is InChI=1S/C56H63N3O12S.C4H10/c1-32-24-40-21-23-59-42(45-34(3)33(2)35(4)50-51(45)69-31-68-50)29-65-53(60)56(41-26-43(63-8)44(25-39(41)20-22-57-56)70-54(61)66-27-37-16-12-10-13-17-37)30-72-36(5)47(59)48(58(6)7)46(40)52(49(32)64-9)71-55(62)67-28-38-18-14-11-15-19-38;1-3-4-2/h10-19,24-26,36,42,47-48,57H,20-23,27-31H2,1-9H3;3-4H2,1-2H3/t36?,42?,47?,48?,56-;/m1./s1. The van der Waals surface area contributed by atoms with E-state index in [0.717, 1.165) is 55.6 Å². The summed E-state index contributed by atoms with van der Waals surface area (Å²) in [7, 11) is 7.14. The van der Waals surface area contributed by atoms with Crippen molar-refractivity contribution < 1.29 is 57.0 Å². The van der Waals surface area contributed by atoms with Crippen molar-refractivity contribution in [3.63, 3.8) is 0 Å². The van der Waals surface area contributed by atoms with Gasteiger partial charge in [0.25, 0.3) is 0 Å². The van der Waals surface area contributed by atoms with Gasteiger partial charge in [-0.05, 0) is 117 Å². The Labute approximate surface area is 451 Å². The molecule has 4 aliphatic rings. The molecule has 0 radical (unpaired) electrons. The van der Waals surface area contributed by atoms with Crippen molar-refractivity contribution in [1.29, 1.82) is 0 Å². The number of methoxy groups -OCH3 is 2. The van der Waals surface area contributed by atoms with Crippen molar-refractivity contribution in [3.8, 4) is 34.5 Å². The molecule has 5 aromatic rings. The van der Waals surface area contributed by atoms with Gasteiger partial charge in [-0.25, -0.2) is 14.4 Å². The van der Waals surface area contributed by atoms with Crippen LogP contribution in [0.3, 0.4) is 0 Å². The first kappa shape index (κ1) is 55.8. The molecule has 0 aliphatic carbocycles. The molecule has 4 unspecified atom stereocenters. The van der Waals surface area contributed by atoms with E-state index in [-0.39, 0.29) is 55.2 Å². The number of hydrogen-bond donors (Lipinski definition) is 1. The van der Waals surface area contributed by atoms with Gasteiger partial charge in [0.2, 0.25) is 6.79 Å². The van der Waals surface area contributed by atoms with Gasteiger partial charge in [-0.3, -0.25) is 10.2 Å². The number of aryl methyl sites for hydroxylation is 1. The molecule has 0 bridgehead atoms. The highest BCUT2D eigenvalue weighted by Gasteiger charge is 2.51. The number of nitrogens with one attached hydrogen (secondary N) is 1. The Morgan fingerprint density at radius 1 is 0.750 bits per heavy atom. The van der Waals surface area contributed by atoms with Crippen LogP contribution in [0.4, 0.5) is 9.59 Å². The van der Waals surface area contributed by atoms with Gasteiger partial charge < -0.3 is 47.5 Å². The van der Waals surface area contributed by atoms with Crippen LogP contribution >= 0.6 is 11.8 Å². The largest absolute Gasteiger partial charge is 0.514 e. The molecular weight excluding hydrogens is 987 g/mol.